The molecule has 0 bridgehead atoms. The van der Waals surface area contributed by atoms with Gasteiger partial charge in [0, 0.05) is 18.7 Å². The number of amides is 1. The Kier molecular flexibility index (Phi) is 6.38. The smallest absolute Gasteiger partial charge is 0.243 e. The summed E-state index contributed by atoms with van der Waals surface area (Å²) in [5, 5.41) is 11.9. The summed E-state index contributed by atoms with van der Waals surface area (Å²) in [6.45, 7) is 2.58. The minimum absolute atomic E-state index is 0.186. The third-order valence-electron chi connectivity index (χ3n) is 4.28. The Labute approximate surface area is 172 Å². The number of thiophene rings is 1. The van der Waals surface area contributed by atoms with Gasteiger partial charge in [0.05, 0.1) is 4.88 Å². The lowest BCUT2D eigenvalue weighted by Gasteiger charge is -2.16. The number of halogens is 1. The molecular weight excluding hydrogens is 397 g/mol. The maximum absolute atomic E-state index is 13.9. The highest BCUT2D eigenvalue weighted by Gasteiger charge is 2.21. The molecule has 1 unspecified atom stereocenters. The average molecular weight is 420 g/mol. The number of carbonyl (C=O) groups is 1. The molecule has 0 spiro atoms. The van der Waals surface area contributed by atoms with Gasteiger partial charge in [-0.2, -0.15) is 5.10 Å². The van der Waals surface area contributed by atoms with E-state index in [4.69, 9.17) is 12.2 Å². The van der Waals surface area contributed by atoms with E-state index in [1.807, 2.05) is 36.5 Å². The molecule has 148 valence electrons. The summed E-state index contributed by atoms with van der Waals surface area (Å²) in [5.74, 6) is 0.203. The van der Waals surface area contributed by atoms with Crippen LogP contribution in [0.1, 0.15) is 24.1 Å². The van der Waals surface area contributed by atoms with Gasteiger partial charge in [-0.05, 0) is 62.4 Å². The zero-order valence-corrected chi connectivity index (χ0v) is 17.5. The Morgan fingerprint density at radius 2 is 2.21 bits per heavy atom. The van der Waals surface area contributed by atoms with Gasteiger partial charge in [-0.3, -0.25) is 14.5 Å². The quantitative estimate of drug-likeness (QED) is 0.573. The predicted octanol–water partition coefficient (Wildman–Crippen LogP) is 3.75. The molecule has 1 atom stereocenters. The fourth-order valence-electron chi connectivity index (χ4n) is 2.90. The van der Waals surface area contributed by atoms with Crippen LogP contribution in [0.3, 0.4) is 0 Å². The highest BCUT2D eigenvalue weighted by molar-refractivity contribution is 7.71. The van der Waals surface area contributed by atoms with Crippen molar-refractivity contribution in [3.8, 4) is 10.7 Å². The molecule has 2 N–H and O–H groups in total. The van der Waals surface area contributed by atoms with Crippen LogP contribution in [0.15, 0.2) is 35.7 Å². The van der Waals surface area contributed by atoms with Crippen LogP contribution < -0.4 is 5.32 Å². The molecule has 0 fully saturated rings. The Bertz CT molecular complexity index is 1010. The van der Waals surface area contributed by atoms with E-state index in [2.05, 4.69) is 15.5 Å². The van der Waals surface area contributed by atoms with Gasteiger partial charge in [0.15, 0.2) is 10.6 Å². The van der Waals surface area contributed by atoms with E-state index in [0.717, 1.165) is 10.4 Å². The second kappa shape index (κ2) is 8.76. The number of rotatable bonds is 7. The molecule has 1 aromatic carbocycles. The molecule has 0 aliphatic carbocycles. The largest absolute Gasteiger partial charge is 0.350 e. The van der Waals surface area contributed by atoms with Crippen LogP contribution in [-0.4, -0.2) is 39.7 Å². The van der Waals surface area contributed by atoms with E-state index in [1.54, 1.807) is 23.6 Å². The second-order valence-corrected chi connectivity index (χ2v) is 8.09. The summed E-state index contributed by atoms with van der Waals surface area (Å²) >= 11 is 6.84. The Balaban J connectivity index is 1.73. The molecule has 3 aromatic rings. The monoisotopic (exact) mass is 419 g/mol. The molecule has 3 rings (SSSR count). The van der Waals surface area contributed by atoms with Gasteiger partial charge in [0.2, 0.25) is 5.91 Å². The molecule has 1 amide bonds. The van der Waals surface area contributed by atoms with Gasteiger partial charge in [0.1, 0.15) is 11.9 Å². The zero-order chi connectivity index (χ0) is 20.3. The van der Waals surface area contributed by atoms with Crippen molar-refractivity contribution in [2.75, 3.05) is 14.1 Å². The van der Waals surface area contributed by atoms with Crippen LogP contribution >= 0.6 is 23.6 Å². The number of nitrogens with zero attached hydrogens (tertiary/aromatic N) is 3. The van der Waals surface area contributed by atoms with Crippen LogP contribution in [-0.2, 0) is 17.9 Å². The van der Waals surface area contributed by atoms with Gasteiger partial charge in [-0.1, -0.05) is 12.1 Å². The molecule has 0 saturated carbocycles. The highest BCUT2D eigenvalue weighted by atomic mass is 32.1. The van der Waals surface area contributed by atoms with Crippen molar-refractivity contribution in [2.45, 2.75) is 26.1 Å². The topological polar surface area (TPSA) is 66.0 Å². The molecule has 0 aliphatic heterocycles. The van der Waals surface area contributed by atoms with Crippen LogP contribution in [0.5, 0.6) is 0 Å². The number of aromatic amines is 1. The number of aromatic nitrogens is 3. The number of hydrogen-bond acceptors (Lipinski definition) is 5. The van der Waals surface area contributed by atoms with E-state index in [-0.39, 0.29) is 11.7 Å². The summed E-state index contributed by atoms with van der Waals surface area (Å²) in [6, 6.07) is 8.21. The lowest BCUT2D eigenvalue weighted by atomic mass is 10.1. The van der Waals surface area contributed by atoms with Gasteiger partial charge >= 0.3 is 0 Å². The van der Waals surface area contributed by atoms with Gasteiger partial charge in [-0.15, -0.1) is 11.3 Å². The third kappa shape index (κ3) is 4.54. The molecule has 28 heavy (non-hydrogen) atoms. The number of hydrogen-bond donors (Lipinski definition) is 2. The van der Waals surface area contributed by atoms with Crippen molar-refractivity contribution in [1.29, 1.82) is 0 Å². The number of nitrogens with one attached hydrogen (secondary N) is 2. The van der Waals surface area contributed by atoms with Crippen LogP contribution in [0.25, 0.3) is 10.7 Å². The van der Waals surface area contributed by atoms with E-state index >= 15 is 0 Å². The van der Waals surface area contributed by atoms with Crippen LogP contribution in [0, 0.1) is 10.6 Å². The van der Waals surface area contributed by atoms with Crippen molar-refractivity contribution in [3.05, 3.63) is 57.4 Å². The van der Waals surface area contributed by atoms with Crippen molar-refractivity contribution in [1.82, 2.24) is 25.0 Å². The molecule has 0 saturated heterocycles. The molecule has 2 aromatic heterocycles. The van der Waals surface area contributed by atoms with Crippen molar-refractivity contribution < 1.29 is 9.18 Å². The Morgan fingerprint density at radius 3 is 2.89 bits per heavy atom. The summed E-state index contributed by atoms with van der Waals surface area (Å²) in [4.78, 5) is 15.5. The first-order valence-corrected chi connectivity index (χ1v) is 10.1. The fourth-order valence-corrected chi connectivity index (χ4v) is 3.90. The maximum atomic E-state index is 13.9. The standard InChI is InChI=1S/C19H22FN5OS2/c1-12(25-17(22-23-19(25)27)16-5-4-8-28-16)18(26)21-10-13-6-7-15(20)14(9-13)11-24(2)3/h4-9,12H,10-11H2,1-3H3,(H,21,26)(H,23,27). The number of carbonyl (C=O) groups excluding carboxylic acids is 1. The van der Waals surface area contributed by atoms with Crippen molar-refractivity contribution in [2.24, 2.45) is 0 Å². The second-order valence-electron chi connectivity index (χ2n) is 6.76. The molecule has 2 heterocycles. The Morgan fingerprint density at radius 1 is 1.43 bits per heavy atom. The van der Waals surface area contributed by atoms with E-state index in [1.165, 1.54) is 17.4 Å². The minimum Gasteiger partial charge on any atom is -0.350 e. The predicted molar refractivity (Wildman–Crippen MR) is 111 cm³/mol. The van der Waals surface area contributed by atoms with E-state index in [9.17, 15) is 9.18 Å². The maximum Gasteiger partial charge on any atom is 0.243 e. The first-order chi connectivity index (χ1) is 13.4. The summed E-state index contributed by atoms with van der Waals surface area (Å²) in [7, 11) is 3.77. The molecule has 9 heteroatoms. The number of benzene rings is 1. The summed E-state index contributed by atoms with van der Waals surface area (Å²) < 4.78 is 16.0. The lowest BCUT2D eigenvalue weighted by Crippen LogP contribution is -2.31. The van der Waals surface area contributed by atoms with Crippen LogP contribution in [0.2, 0.25) is 0 Å². The van der Waals surface area contributed by atoms with Gasteiger partial charge < -0.3 is 10.2 Å². The van der Waals surface area contributed by atoms with E-state index < -0.39 is 6.04 Å². The summed E-state index contributed by atoms with van der Waals surface area (Å²) in [6.07, 6.45) is 0. The molecule has 0 radical (unpaired) electrons. The first-order valence-electron chi connectivity index (χ1n) is 8.77. The highest BCUT2D eigenvalue weighted by Crippen LogP contribution is 2.25. The molecule has 6 nitrogen and oxygen atoms in total. The van der Waals surface area contributed by atoms with E-state index in [0.29, 0.717) is 29.2 Å². The van der Waals surface area contributed by atoms with Gasteiger partial charge in [-0.25, -0.2) is 4.39 Å². The molecular formula is C19H22FN5OS2. The number of H-pyrrole nitrogens is 1. The zero-order valence-electron chi connectivity index (χ0n) is 15.9. The Hall–Kier alpha value is -2.36. The fraction of sp³-hybridized carbons (Fsp3) is 0.316. The average Bonchev–Trinajstić information content (AvgIpc) is 3.30. The first kappa shape index (κ1) is 20.4. The van der Waals surface area contributed by atoms with Gasteiger partial charge in [0.25, 0.3) is 0 Å². The third-order valence-corrected chi connectivity index (χ3v) is 5.43. The molecule has 0 aliphatic rings. The van der Waals surface area contributed by atoms with Crippen molar-refractivity contribution >= 4 is 29.5 Å². The minimum atomic E-state index is -0.537. The SMILES string of the molecule is CC(C(=O)NCc1ccc(F)c(CN(C)C)c1)n1c(-c2cccs2)n[nH]c1=S. The van der Waals surface area contributed by atoms with Crippen molar-refractivity contribution in [3.63, 3.8) is 0 Å². The normalized spacial score (nSPS) is 12.3. The van der Waals surface area contributed by atoms with Crippen LogP contribution in [0.4, 0.5) is 4.39 Å². The lowest BCUT2D eigenvalue weighted by molar-refractivity contribution is -0.124. The summed E-state index contributed by atoms with van der Waals surface area (Å²) in [5.41, 5.74) is 1.44.